The molecule has 1 fully saturated rings. The predicted octanol–water partition coefficient (Wildman–Crippen LogP) is 3.08. The molecular weight excluding hydrogens is 382 g/mol. The molecule has 0 radical (unpaired) electrons. The van der Waals surface area contributed by atoms with Crippen LogP contribution < -0.4 is 5.32 Å². The van der Waals surface area contributed by atoms with Crippen LogP contribution in [0.15, 0.2) is 18.2 Å². The summed E-state index contributed by atoms with van der Waals surface area (Å²) in [5.74, 6) is -1.20. The molecule has 1 saturated carbocycles. The van der Waals surface area contributed by atoms with Gasteiger partial charge in [-0.3, -0.25) is 4.79 Å². The number of esters is 1. The van der Waals surface area contributed by atoms with Crippen LogP contribution in [-0.2, 0) is 9.53 Å². The highest BCUT2D eigenvalue weighted by Gasteiger charge is 2.35. The van der Waals surface area contributed by atoms with E-state index < -0.39 is 23.5 Å². The van der Waals surface area contributed by atoms with E-state index in [4.69, 9.17) is 4.74 Å². The van der Waals surface area contributed by atoms with Crippen LogP contribution in [0.1, 0.15) is 66.3 Å². The van der Waals surface area contributed by atoms with E-state index in [1.54, 1.807) is 6.92 Å². The summed E-state index contributed by atoms with van der Waals surface area (Å²) in [4.78, 5) is 26.6. The van der Waals surface area contributed by atoms with E-state index in [-0.39, 0.29) is 5.69 Å². The second-order valence-corrected chi connectivity index (χ2v) is 8.00. The Balaban J connectivity index is 1.70. The number of nitriles is 1. The van der Waals surface area contributed by atoms with E-state index >= 15 is 0 Å². The Morgan fingerprint density at radius 3 is 2.53 bits per heavy atom. The van der Waals surface area contributed by atoms with Crippen LogP contribution in [0, 0.1) is 32.1 Å². The van der Waals surface area contributed by atoms with Crippen molar-refractivity contribution in [1.82, 2.24) is 20.3 Å². The van der Waals surface area contributed by atoms with E-state index in [2.05, 4.69) is 21.6 Å². The lowest BCUT2D eigenvalue weighted by Crippen LogP contribution is -2.52. The zero-order valence-corrected chi connectivity index (χ0v) is 17.9. The molecule has 3 rings (SSSR count). The van der Waals surface area contributed by atoms with Crippen LogP contribution in [0.25, 0.3) is 5.69 Å². The zero-order chi connectivity index (χ0) is 21.9. The van der Waals surface area contributed by atoms with E-state index in [1.165, 1.54) is 11.7 Å². The van der Waals surface area contributed by atoms with Gasteiger partial charge in [-0.1, -0.05) is 37.0 Å². The first-order valence-corrected chi connectivity index (χ1v) is 10.2. The first-order chi connectivity index (χ1) is 14.2. The van der Waals surface area contributed by atoms with Gasteiger partial charge in [0.05, 0.1) is 17.5 Å². The lowest BCUT2D eigenvalue weighted by Gasteiger charge is -2.32. The highest BCUT2D eigenvalue weighted by atomic mass is 16.5. The maximum atomic E-state index is 12.6. The van der Waals surface area contributed by atoms with Crippen molar-refractivity contribution >= 4 is 11.9 Å². The van der Waals surface area contributed by atoms with Crippen LogP contribution in [0.3, 0.4) is 0 Å². The number of carbonyl (C=O) groups excluding carboxylic acids is 2. The fourth-order valence-electron chi connectivity index (χ4n) is 3.73. The largest absolute Gasteiger partial charge is 0.448 e. The Hall–Kier alpha value is -3.21. The van der Waals surface area contributed by atoms with Crippen LogP contribution >= 0.6 is 0 Å². The van der Waals surface area contributed by atoms with E-state index in [0.29, 0.717) is 18.5 Å². The van der Waals surface area contributed by atoms with Crippen molar-refractivity contribution in [1.29, 1.82) is 5.26 Å². The monoisotopic (exact) mass is 409 g/mol. The first kappa shape index (κ1) is 21.5. The highest BCUT2D eigenvalue weighted by molar-refractivity contribution is 5.91. The van der Waals surface area contributed by atoms with Crippen molar-refractivity contribution in [2.75, 3.05) is 0 Å². The quantitative estimate of drug-likeness (QED) is 0.760. The lowest BCUT2D eigenvalue weighted by molar-refractivity contribution is -0.130. The van der Waals surface area contributed by atoms with Gasteiger partial charge in [0.2, 0.25) is 0 Å². The molecule has 1 aliphatic carbocycles. The third-order valence-electron chi connectivity index (χ3n) is 5.48. The standard InChI is InChI=1S/C22H27N5O3/c1-14-8-9-18(15(2)12-14)27-25-16(3)19(26-27)21(29)30-17(4)20(28)24-22(13-23)10-6-5-7-11-22/h8-9,12,17H,5-7,10-11H2,1-4H3,(H,24,28)/t17-/m0/s1. The molecule has 1 aromatic heterocycles. The molecule has 8 heteroatoms. The van der Waals surface area contributed by atoms with Gasteiger partial charge >= 0.3 is 5.97 Å². The Kier molecular flexibility index (Phi) is 6.20. The van der Waals surface area contributed by atoms with Crippen LogP contribution in [-0.4, -0.2) is 38.5 Å². The molecule has 8 nitrogen and oxygen atoms in total. The van der Waals surface area contributed by atoms with Gasteiger partial charge in [-0.2, -0.15) is 15.2 Å². The number of carbonyl (C=O) groups is 2. The normalized spacial score (nSPS) is 16.4. The molecule has 0 saturated heterocycles. The number of nitrogens with zero attached hydrogens (tertiary/aromatic N) is 4. The Morgan fingerprint density at radius 1 is 1.20 bits per heavy atom. The molecule has 0 spiro atoms. The van der Waals surface area contributed by atoms with Crippen LogP contribution in [0.2, 0.25) is 0 Å². The number of hydrogen-bond donors (Lipinski definition) is 1. The summed E-state index contributed by atoms with van der Waals surface area (Å²) in [6, 6.07) is 8.07. The van der Waals surface area contributed by atoms with E-state index in [1.807, 2.05) is 32.0 Å². The number of amides is 1. The van der Waals surface area contributed by atoms with Gasteiger partial charge in [0.25, 0.3) is 5.91 Å². The van der Waals surface area contributed by atoms with Crippen molar-refractivity contribution < 1.29 is 14.3 Å². The predicted molar refractivity (Wildman–Crippen MR) is 110 cm³/mol. The number of rotatable bonds is 5. The average Bonchev–Trinajstić information content (AvgIpc) is 3.10. The van der Waals surface area contributed by atoms with Gasteiger partial charge in [0.1, 0.15) is 5.54 Å². The lowest BCUT2D eigenvalue weighted by atomic mass is 9.83. The summed E-state index contributed by atoms with van der Waals surface area (Å²) in [6.07, 6.45) is 3.01. The molecule has 2 aromatic rings. The van der Waals surface area contributed by atoms with Crippen LogP contribution in [0.5, 0.6) is 0 Å². The molecule has 0 bridgehead atoms. The van der Waals surface area contributed by atoms with Gasteiger partial charge in [-0.15, -0.1) is 5.10 Å². The summed E-state index contributed by atoms with van der Waals surface area (Å²) < 4.78 is 5.33. The van der Waals surface area contributed by atoms with E-state index in [9.17, 15) is 14.9 Å². The first-order valence-electron chi connectivity index (χ1n) is 10.2. The number of aryl methyl sites for hydroxylation is 3. The average molecular weight is 409 g/mol. The molecule has 1 aliphatic rings. The fraction of sp³-hybridized carbons (Fsp3) is 0.500. The minimum atomic E-state index is -1.05. The van der Waals surface area contributed by atoms with E-state index in [0.717, 1.165) is 36.1 Å². The molecule has 30 heavy (non-hydrogen) atoms. The topological polar surface area (TPSA) is 110 Å². The minimum Gasteiger partial charge on any atom is -0.448 e. The number of aromatic nitrogens is 3. The zero-order valence-electron chi connectivity index (χ0n) is 17.9. The van der Waals surface area contributed by atoms with Crippen molar-refractivity contribution in [2.24, 2.45) is 0 Å². The van der Waals surface area contributed by atoms with Crippen molar-refractivity contribution in [2.45, 2.75) is 71.4 Å². The van der Waals surface area contributed by atoms with Gasteiger partial charge in [0.15, 0.2) is 11.8 Å². The maximum Gasteiger partial charge on any atom is 0.361 e. The Bertz CT molecular complexity index is 999. The van der Waals surface area contributed by atoms with Gasteiger partial charge < -0.3 is 10.1 Å². The number of nitrogens with one attached hydrogen (secondary N) is 1. The molecule has 1 amide bonds. The summed E-state index contributed by atoms with van der Waals surface area (Å²) in [6.45, 7) is 7.10. The molecular formula is C22H27N5O3. The maximum absolute atomic E-state index is 12.6. The van der Waals surface area contributed by atoms with Gasteiger partial charge in [-0.25, -0.2) is 4.79 Å². The number of benzene rings is 1. The number of hydrogen-bond acceptors (Lipinski definition) is 6. The third kappa shape index (κ3) is 4.51. The molecule has 1 N–H and O–H groups in total. The van der Waals surface area contributed by atoms with Gasteiger partial charge in [0, 0.05) is 0 Å². The Morgan fingerprint density at radius 2 is 1.90 bits per heavy atom. The summed E-state index contributed by atoms with van der Waals surface area (Å²) in [5.41, 5.74) is 2.45. The van der Waals surface area contributed by atoms with Crippen molar-refractivity contribution in [3.63, 3.8) is 0 Å². The smallest absolute Gasteiger partial charge is 0.361 e. The number of ether oxygens (including phenoxy) is 1. The molecule has 1 heterocycles. The van der Waals surface area contributed by atoms with Gasteiger partial charge in [-0.05, 0) is 52.2 Å². The summed E-state index contributed by atoms with van der Waals surface area (Å²) in [7, 11) is 0. The third-order valence-corrected chi connectivity index (χ3v) is 5.48. The molecule has 0 aliphatic heterocycles. The Labute approximate surface area is 176 Å². The molecule has 0 unspecified atom stereocenters. The molecule has 1 atom stereocenters. The summed E-state index contributed by atoms with van der Waals surface area (Å²) in [5, 5.41) is 20.9. The molecule has 158 valence electrons. The van der Waals surface area contributed by atoms with Crippen LogP contribution in [0.4, 0.5) is 0 Å². The second kappa shape index (κ2) is 8.66. The second-order valence-electron chi connectivity index (χ2n) is 8.00. The summed E-state index contributed by atoms with van der Waals surface area (Å²) >= 11 is 0. The van der Waals surface area contributed by atoms with Crippen molar-refractivity contribution in [3.8, 4) is 11.8 Å². The minimum absolute atomic E-state index is 0.0577. The highest BCUT2D eigenvalue weighted by Crippen LogP contribution is 2.27. The van der Waals surface area contributed by atoms with Crippen molar-refractivity contribution in [3.05, 3.63) is 40.7 Å². The SMILES string of the molecule is Cc1ccc(-n2nc(C)c(C(=O)O[C@@H](C)C(=O)NC3(C#N)CCCCC3)n2)c(C)c1. The molecule has 1 aromatic carbocycles. The fourth-order valence-corrected chi connectivity index (χ4v) is 3.73.